The fourth-order valence-corrected chi connectivity index (χ4v) is 6.44. The maximum Gasteiger partial charge on any atom is 0.271 e. The number of halogens is 1. The van der Waals surface area contributed by atoms with E-state index in [9.17, 15) is 4.79 Å². The fraction of sp³-hybridized carbons (Fsp3) is 0.200. The third kappa shape index (κ3) is 4.10. The fourth-order valence-electron chi connectivity index (χ4n) is 5.20. The summed E-state index contributed by atoms with van der Waals surface area (Å²) >= 11 is 8.12. The van der Waals surface area contributed by atoms with Gasteiger partial charge < -0.3 is 9.47 Å². The summed E-state index contributed by atoms with van der Waals surface area (Å²) in [6.07, 6.45) is 3.62. The molecule has 5 nitrogen and oxygen atoms in total. The van der Waals surface area contributed by atoms with E-state index in [0.717, 1.165) is 40.8 Å². The van der Waals surface area contributed by atoms with Crippen LogP contribution in [-0.4, -0.2) is 18.3 Å². The van der Waals surface area contributed by atoms with Gasteiger partial charge in [-0.15, -0.1) is 0 Å². The van der Waals surface area contributed by atoms with Crippen LogP contribution >= 0.6 is 22.9 Å². The van der Waals surface area contributed by atoms with Gasteiger partial charge in [0, 0.05) is 10.6 Å². The minimum atomic E-state index is -0.301. The number of rotatable bonds is 5. The lowest BCUT2D eigenvalue weighted by Crippen LogP contribution is -2.38. The summed E-state index contributed by atoms with van der Waals surface area (Å²) < 4.78 is 13.6. The first-order valence-electron chi connectivity index (χ1n) is 12.3. The summed E-state index contributed by atoms with van der Waals surface area (Å²) in [7, 11) is 1.61. The number of allylic oxidation sites excluding steroid dienone is 1. The highest BCUT2D eigenvalue weighted by Crippen LogP contribution is 2.42. The van der Waals surface area contributed by atoms with E-state index in [1.165, 1.54) is 16.9 Å². The average Bonchev–Trinajstić information content (AvgIpc) is 3.23. The lowest BCUT2D eigenvalue weighted by Gasteiger charge is -2.31. The van der Waals surface area contributed by atoms with Crippen molar-refractivity contribution in [1.82, 2.24) is 4.57 Å². The summed E-state index contributed by atoms with van der Waals surface area (Å²) in [6.45, 7) is 2.48. The van der Waals surface area contributed by atoms with Crippen molar-refractivity contribution < 1.29 is 9.47 Å². The lowest BCUT2D eigenvalue weighted by atomic mass is 9.83. The molecule has 186 valence electrons. The smallest absolute Gasteiger partial charge is 0.271 e. The van der Waals surface area contributed by atoms with E-state index in [1.807, 2.05) is 66.1 Å². The Morgan fingerprint density at radius 1 is 1.08 bits per heavy atom. The zero-order valence-electron chi connectivity index (χ0n) is 20.5. The number of hydrogen-bond donors (Lipinski definition) is 0. The number of thiazole rings is 1. The molecule has 0 fully saturated rings. The van der Waals surface area contributed by atoms with Crippen LogP contribution in [0.4, 0.5) is 0 Å². The number of aromatic nitrogens is 1. The minimum absolute atomic E-state index is 0.0769. The second-order valence-corrected chi connectivity index (χ2v) is 10.4. The largest absolute Gasteiger partial charge is 0.493 e. The van der Waals surface area contributed by atoms with Crippen molar-refractivity contribution >= 4 is 34.7 Å². The van der Waals surface area contributed by atoms with Gasteiger partial charge in [-0.25, -0.2) is 4.99 Å². The number of benzene rings is 3. The maximum absolute atomic E-state index is 13.9. The van der Waals surface area contributed by atoms with Crippen LogP contribution in [0, 0.1) is 0 Å². The van der Waals surface area contributed by atoms with Crippen molar-refractivity contribution in [3.05, 3.63) is 119 Å². The molecule has 1 atom stereocenters. The SMILES string of the molecule is CCOc1ccc(C=c2sc3n(c2=O)C(c2ccccc2Cl)C2=C(N=3)c3ccccc3CC2)cc1OC. The topological polar surface area (TPSA) is 52.8 Å². The Labute approximate surface area is 223 Å². The molecule has 0 bridgehead atoms. The molecule has 2 aliphatic rings. The molecule has 37 heavy (non-hydrogen) atoms. The average molecular weight is 529 g/mol. The number of aryl methyl sites for hydroxylation is 1. The summed E-state index contributed by atoms with van der Waals surface area (Å²) in [5, 5.41) is 0.644. The number of methoxy groups -OCH3 is 1. The van der Waals surface area contributed by atoms with Gasteiger partial charge in [-0.2, -0.15) is 0 Å². The van der Waals surface area contributed by atoms with Crippen molar-refractivity contribution in [2.45, 2.75) is 25.8 Å². The van der Waals surface area contributed by atoms with Gasteiger partial charge in [0.15, 0.2) is 16.3 Å². The Bertz CT molecular complexity index is 1730. The molecular weight excluding hydrogens is 504 g/mol. The first-order valence-corrected chi connectivity index (χ1v) is 13.5. The molecular formula is C30H25ClN2O3S. The van der Waals surface area contributed by atoms with Crippen molar-refractivity contribution in [2.75, 3.05) is 13.7 Å². The normalized spacial score (nSPS) is 16.5. The molecule has 0 saturated carbocycles. The highest BCUT2D eigenvalue weighted by Gasteiger charge is 2.33. The Hall–Kier alpha value is -3.61. The molecule has 0 spiro atoms. The summed E-state index contributed by atoms with van der Waals surface area (Å²) in [5.74, 6) is 1.30. The van der Waals surface area contributed by atoms with Crippen LogP contribution < -0.4 is 24.4 Å². The molecule has 4 aromatic rings. The molecule has 7 heteroatoms. The number of ether oxygens (including phenoxy) is 2. The van der Waals surface area contributed by atoms with Gasteiger partial charge in [-0.05, 0) is 66.3 Å². The minimum Gasteiger partial charge on any atom is -0.493 e. The number of nitrogens with zero attached hydrogens (tertiary/aromatic N) is 2. The van der Waals surface area contributed by atoms with Gasteiger partial charge in [0.1, 0.15) is 0 Å². The van der Waals surface area contributed by atoms with E-state index in [0.29, 0.717) is 32.5 Å². The summed E-state index contributed by atoms with van der Waals surface area (Å²) in [6, 6.07) is 21.6. The van der Waals surface area contributed by atoms with Gasteiger partial charge in [0.25, 0.3) is 5.56 Å². The first-order chi connectivity index (χ1) is 18.1. The quantitative estimate of drug-likeness (QED) is 0.349. The van der Waals surface area contributed by atoms with Crippen LogP contribution in [0.1, 0.15) is 41.6 Å². The highest BCUT2D eigenvalue weighted by molar-refractivity contribution is 7.07. The summed E-state index contributed by atoms with van der Waals surface area (Å²) in [4.78, 5) is 19.7. The van der Waals surface area contributed by atoms with E-state index < -0.39 is 0 Å². The Kier molecular flexibility index (Phi) is 6.22. The van der Waals surface area contributed by atoms with E-state index in [2.05, 4.69) is 18.2 Å². The van der Waals surface area contributed by atoms with Crippen LogP contribution in [0.3, 0.4) is 0 Å². The van der Waals surface area contributed by atoms with E-state index in [4.69, 9.17) is 26.1 Å². The van der Waals surface area contributed by atoms with Crippen molar-refractivity contribution in [3.8, 4) is 11.5 Å². The summed E-state index contributed by atoms with van der Waals surface area (Å²) in [5.41, 5.74) is 6.20. The van der Waals surface area contributed by atoms with Crippen molar-refractivity contribution in [2.24, 2.45) is 4.99 Å². The van der Waals surface area contributed by atoms with Crippen LogP contribution in [0.15, 0.2) is 82.1 Å². The zero-order chi connectivity index (χ0) is 25.5. The number of fused-ring (bicyclic) bond motifs is 3. The molecule has 2 heterocycles. The zero-order valence-corrected chi connectivity index (χ0v) is 22.1. The van der Waals surface area contributed by atoms with Gasteiger partial charge in [0.2, 0.25) is 0 Å². The van der Waals surface area contributed by atoms with Crippen LogP contribution in [0.5, 0.6) is 11.5 Å². The monoisotopic (exact) mass is 528 g/mol. The van der Waals surface area contributed by atoms with Crippen LogP contribution in [-0.2, 0) is 6.42 Å². The Balaban J connectivity index is 1.58. The Morgan fingerprint density at radius 2 is 1.89 bits per heavy atom. The second kappa shape index (κ2) is 9.69. The third-order valence-corrected chi connectivity index (χ3v) is 8.19. The predicted molar refractivity (Wildman–Crippen MR) is 148 cm³/mol. The molecule has 0 saturated heterocycles. The molecule has 3 aromatic carbocycles. The van der Waals surface area contributed by atoms with E-state index in [1.54, 1.807) is 7.11 Å². The molecule has 0 N–H and O–H groups in total. The van der Waals surface area contributed by atoms with E-state index >= 15 is 0 Å². The highest BCUT2D eigenvalue weighted by atomic mass is 35.5. The number of hydrogen-bond acceptors (Lipinski definition) is 5. The standard InChI is InChI=1S/C30H25ClN2O3S/c1-3-36-24-15-12-18(16-25(24)35-2)17-26-29(34)33-28(21-10-6-7-11-23(21)31)22-14-13-19-8-4-5-9-20(19)27(22)32-30(33)37-26/h4-12,15-17,28H,3,13-14H2,1-2H3. The second-order valence-electron chi connectivity index (χ2n) is 8.98. The first kappa shape index (κ1) is 23.8. The molecule has 0 radical (unpaired) electrons. The van der Waals surface area contributed by atoms with Crippen molar-refractivity contribution in [1.29, 1.82) is 0 Å². The lowest BCUT2D eigenvalue weighted by molar-refractivity contribution is 0.311. The molecule has 6 rings (SSSR count). The van der Waals surface area contributed by atoms with Gasteiger partial charge in [0.05, 0.1) is 30.0 Å². The molecule has 0 amide bonds. The Morgan fingerprint density at radius 3 is 2.70 bits per heavy atom. The predicted octanol–water partition coefficient (Wildman–Crippen LogP) is 5.38. The third-order valence-electron chi connectivity index (χ3n) is 6.86. The van der Waals surface area contributed by atoms with Gasteiger partial charge >= 0.3 is 0 Å². The van der Waals surface area contributed by atoms with Gasteiger partial charge in [-0.3, -0.25) is 9.36 Å². The molecule has 1 aliphatic carbocycles. The maximum atomic E-state index is 13.9. The van der Waals surface area contributed by atoms with Crippen molar-refractivity contribution in [3.63, 3.8) is 0 Å². The molecule has 1 unspecified atom stereocenters. The van der Waals surface area contributed by atoms with Gasteiger partial charge in [-0.1, -0.05) is 71.5 Å². The van der Waals surface area contributed by atoms with Crippen LogP contribution in [0.2, 0.25) is 5.02 Å². The molecule has 1 aromatic heterocycles. The molecule has 1 aliphatic heterocycles. The van der Waals surface area contributed by atoms with E-state index in [-0.39, 0.29) is 11.6 Å². The van der Waals surface area contributed by atoms with Crippen LogP contribution in [0.25, 0.3) is 11.8 Å².